The Hall–Kier alpha value is -3.45. The summed E-state index contributed by atoms with van der Waals surface area (Å²) in [5.74, 6) is -1.34. The average Bonchev–Trinajstić information content (AvgIpc) is 3.33. The summed E-state index contributed by atoms with van der Waals surface area (Å²) in [6, 6.07) is 16.1. The normalized spacial score (nSPS) is 12.6. The molecule has 1 amide bonds. The molecule has 160 valence electrons. The first kappa shape index (κ1) is 22.2. The number of benzene rings is 2. The second-order valence-electron chi connectivity index (χ2n) is 7.11. The van der Waals surface area contributed by atoms with E-state index >= 15 is 0 Å². The molecule has 6 nitrogen and oxygen atoms in total. The molecule has 0 fully saturated rings. The highest BCUT2D eigenvalue weighted by molar-refractivity contribution is 7.12. The van der Waals surface area contributed by atoms with Crippen molar-refractivity contribution in [2.45, 2.75) is 25.3 Å². The molecule has 0 spiro atoms. The molecule has 0 saturated heterocycles. The van der Waals surface area contributed by atoms with Crippen molar-refractivity contribution in [3.63, 3.8) is 0 Å². The number of thiophene rings is 1. The van der Waals surface area contributed by atoms with Gasteiger partial charge in [0.2, 0.25) is 11.7 Å². The predicted octanol–water partition coefficient (Wildman–Crippen LogP) is 3.69. The number of amides is 1. The quantitative estimate of drug-likeness (QED) is 0.414. The molecule has 0 aliphatic carbocycles. The Labute approximate surface area is 184 Å². The molecule has 0 bridgehead atoms. The summed E-state index contributed by atoms with van der Waals surface area (Å²) < 4.78 is 4.83. The number of hydrogen-bond donors (Lipinski definition) is 2. The van der Waals surface area contributed by atoms with Crippen LogP contribution >= 0.6 is 11.3 Å². The molecular weight excluding hydrogens is 414 g/mol. The summed E-state index contributed by atoms with van der Waals surface area (Å²) in [5.41, 5.74) is 2.06. The highest BCUT2D eigenvalue weighted by Gasteiger charge is 2.25. The van der Waals surface area contributed by atoms with Gasteiger partial charge in [0.1, 0.15) is 11.8 Å². The number of carbonyl (C=O) groups excluding carboxylic acids is 3. The lowest BCUT2D eigenvalue weighted by atomic mass is 9.97. The van der Waals surface area contributed by atoms with Crippen molar-refractivity contribution >= 4 is 29.0 Å². The maximum absolute atomic E-state index is 12.8. The highest BCUT2D eigenvalue weighted by atomic mass is 32.1. The number of carbonyl (C=O) groups is 3. The molecule has 7 heteroatoms. The van der Waals surface area contributed by atoms with Gasteiger partial charge in [-0.3, -0.25) is 9.59 Å². The number of rotatable bonds is 8. The summed E-state index contributed by atoms with van der Waals surface area (Å²) >= 11 is 1.38. The molecule has 1 aromatic heterocycles. The second-order valence-corrected chi connectivity index (χ2v) is 8.05. The fourth-order valence-electron chi connectivity index (χ4n) is 3.12. The van der Waals surface area contributed by atoms with Crippen molar-refractivity contribution in [3.8, 4) is 5.75 Å². The van der Waals surface area contributed by atoms with Crippen LogP contribution < -0.4 is 5.32 Å². The van der Waals surface area contributed by atoms with E-state index < -0.39 is 17.9 Å². The average molecular weight is 438 g/mol. The van der Waals surface area contributed by atoms with Crippen LogP contribution in [-0.4, -0.2) is 35.9 Å². The third kappa shape index (κ3) is 5.58. The smallest absolute Gasteiger partial charge is 0.328 e. The maximum Gasteiger partial charge on any atom is 0.328 e. The van der Waals surface area contributed by atoms with Crippen molar-refractivity contribution in [2.75, 3.05) is 7.11 Å². The lowest BCUT2D eigenvalue weighted by molar-refractivity contribution is -0.145. The fourth-order valence-corrected chi connectivity index (χ4v) is 3.81. The van der Waals surface area contributed by atoms with Gasteiger partial charge in [-0.25, -0.2) is 4.79 Å². The van der Waals surface area contributed by atoms with Crippen molar-refractivity contribution in [3.05, 3.63) is 87.6 Å². The topological polar surface area (TPSA) is 92.7 Å². The van der Waals surface area contributed by atoms with Gasteiger partial charge in [0.05, 0.1) is 17.9 Å². The monoisotopic (exact) mass is 437 g/mol. The summed E-state index contributed by atoms with van der Waals surface area (Å²) in [4.78, 5) is 38.1. The highest BCUT2D eigenvalue weighted by Crippen LogP contribution is 2.20. The Bertz CT molecular complexity index is 1040. The van der Waals surface area contributed by atoms with Gasteiger partial charge in [0.15, 0.2) is 0 Å². The molecule has 0 unspecified atom stereocenters. The molecular formula is C24H23NO5S. The van der Waals surface area contributed by atoms with E-state index in [1.807, 2.05) is 11.4 Å². The van der Waals surface area contributed by atoms with E-state index in [2.05, 4.69) is 5.32 Å². The zero-order valence-corrected chi connectivity index (χ0v) is 18.0. The molecule has 2 N–H and O–H groups in total. The van der Waals surface area contributed by atoms with Crippen molar-refractivity contribution in [1.29, 1.82) is 0 Å². The molecule has 31 heavy (non-hydrogen) atoms. The van der Waals surface area contributed by atoms with E-state index in [0.29, 0.717) is 10.4 Å². The van der Waals surface area contributed by atoms with Gasteiger partial charge in [-0.1, -0.05) is 42.5 Å². The molecule has 0 aliphatic heterocycles. The third-order valence-corrected chi connectivity index (χ3v) is 5.86. The minimum atomic E-state index is -0.857. The summed E-state index contributed by atoms with van der Waals surface area (Å²) in [5, 5.41) is 14.0. The third-order valence-electron chi connectivity index (χ3n) is 4.99. The van der Waals surface area contributed by atoms with Gasteiger partial charge in [-0.15, -0.1) is 11.3 Å². The van der Waals surface area contributed by atoms with Crippen LogP contribution in [0.1, 0.15) is 39.2 Å². The van der Waals surface area contributed by atoms with E-state index in [0.717, 1.165) is 11.1 Å². The van der Waals surface area contributed by atoms with E-state index in [-0.39, 0.29) is 23.9 Å². The number of ether oxygens (including phenoxy) is 1. The van der Waals surface area contributed by atoms with Crippen molar-refractivity contribution in [1.82, 2.24) is 5.32 Å². The molecule has 1 heterocycles. The van der Waals surface area contributed by atoms with Gasteiger partial charge in [-0.2, -0.15) is 0 Å². The minimum Gasteiger partial charge on any atom is -0.508 e. The molecule has 2 atom stereocenters. The van der Waals surface area contributed by atoms with E-state index in [1.165, 1.54) is 30.6 Å². The Morgan fingerprint density at radius 1 is 1.03 bits per heavy atom. The number of methoxy groups -OCH3 is 1. The van der Waals surface area contributed by atoms with Gasteiger partial charge in [0.25, 0.3) is 0 Å². The Balaban J connectivity index is 1.69. The second kappa shape index (κ2) is 10.0. The van der Waals surface area contributed by atoms with Crippen LogP contribution in [0.25, 0.3) is 0 Å². The number of ketones is 1. The Kier molecular flexibility index (Phi) is 7.20. The zero-order valence-electron chi connectivity index (χ0n) is 17.2. The molecule has 3 rings (SSSR count). The molecule has 0 radical (unpaired) electrons. The number of phenolic OH excluding ortho intramolecular Hbond substituents is 1. The first-order valence-electron chi connectivity index (χ1n) is 9.73. The molecule has 0 saturated carbocycles. The Morgan fingerprint density at radius 2 is 1.71 bits per heavy atom. The van der Waals surface area contributed by atoms with Crippen molar-refractivity contribution in [2.24, 2.45) is 0 Å². The number of aromatic hydroxyl groups is 1. The first-order chi connectivity index (χ1) is 14.9. The minimum absolute atomic E-state index is 0.0571. The summed E-state index contributed by atoms with van der Waals surface area (Å²) in [6.07, 6.45) is 0.236. The van der Waals surface area contributed by atoms with Crippen LogP contribution in [-0.2, 0) is 20.7 Å². The number of phenols is 1. The van der Waals surface area contributed by atoms with Gasteiger partial charge >= 0.3 is 5.97 Å². The first-order valence-corrected chi connectivity index (χ1v) is 10.6. The van der Waals surface area contributed by atoms with Gasteiger partial charge in [0, 0.05) is 12.0 Å². The largest absolute Gasteiger partial charge is 0.508 e. The summed E-state index contributed by atoms with van der Waals surface area (Å²) in [7, 11) is 1.27. The molecule has 3 aromatic rings. The number of hydrogen-bond acceptors (Lipinski definition) is 6. The van der Waals surface area contributed by atoms with Crippen LogP contribution in [0.2, 0.25) is 0 Å². The molecule has 2 aromatic carbocycles. The van der Waals surface area contributed by atoms with Gasteiger partial charge in [-0.05, 0) is 41.6 Å². The van der Waals surface area contributed by atoms with Crippen LogP contribution in [0.3, 0.4) is 0 Å². The number of nitrogens with one attached hydrogen (secondary N) is 1. The lowest BCUT2D eigenvalue weighted by Crippen LogP contribution is -2.44. The Morgan fingerprint density at radius 3 is 2.29 bits per heavy atom. The van der Waals surface area contributed by atoms with Crippen molar-refractivity contribution < 1.29 is 24.2 Å². The van der Waals surface area contributed by atoms with E-state index in [1.54, 1.807) is 49.4 Å². The standard InChI is InChI=1S/C24H23NO5S/c1-15(17-7-9-18(10-8-17)22(27)21-4-3-13-31-21)23(28)25-20(24(29)30-2)14-16-5-11-19(26)12-6-16/h3-13,15,20,26H,14H2,1-2H3,(H,25,28)/t15-,20-/m0/s1. The zero-order chi connectivity index (χ0) is 22.4. The van der Waals surface area contributed by atoms with Gasteiger partial charge < -0.3 is 15.2 Å². The van der Waals surface area contributed by atoms with Crippen LogP contribution in [0, 0.1) is 0 Å². The SMILES string of the molecule is COC(=O)[C@H](Cc1ccc(O)cc1)NC(=O)[C@@H](C)c1ccc(C(=O)c2cccs2)cc1. The van der Waals surface area contributed by atoms with E-state index in [4.69, 9.17) is 4.74 Å². The summed E-state index contributed by atoms with van der Waals surface area (Å²) in [6.45, 7) is 1.74. The number of esters is 1. The van der Waals surface area contributed by atoms with Crippen LogP contribution in [0.15, 0.2) is 66.0 Å². The fraction of sp³-hybridized carbons (Fsp3) is 0.208. The molecule has 0 aliphatic rings. The maximum atomic E-state index is 12.8. The lowest BCUT2D eigenvalue weighted by Gasteiger charge is -2.20. The predicted molar refractivity (Wildman–Crippen MR) is 118 cm³/mol. The van der Waals surface area contributed by atoms with Crippen LogP contribution in [0.4, 0.5) is 0 Å². The van der Waals surface area contributed by atoms with Crippen LogP contribution in [0.5, 0.6) is 5.75 Å². The van der Waals surface area contributed by atoms with E-state index in [9.17, 15) is 19.5 Å².